The molecule has 0 radical (unpaired) electrons. The zero-order chi connectivity index (χ0) is 11.5. The maximum absolute atomic E-state index is 4.35. The van der Waals surface area contributed by atoms with E-state index in [-0.39, 0.29) is 0 Å². The van der Waals surface area contributed by atoms with Gasteiger partial charge in [0.1, 0.15) is 15.0 Å². The molecule has 1 aromatic heterocycles. The number of aromatic nitrogens is 2. The molecule has 82 valence electrons. The highest BCUT2D eigenvalue weighted by Gasteiger charge is 2.04. The number of hydrogen-bond donors (Lipinski definition) is 0. The van der Waals surface area contributed by atoms with Crippen LogP contribution in [0.25, 0.3) is 0 Å². The molecule has 0 saturated heterocycles. The predicted octanol–water partition coefficient (Wildman–Crippen LogP) is 3.90. The number of benzene rings is 1. The van der Waals surface area contributed by atoms with Crippen LogP contribution in [0.2, 0.25) is 0 Å². The number of halogens is 2. The Hall–Kier alpha value is -0.740. The lowest BCUT2D eigenvalue weighted by Gasteiger charge is -2.05. The van der Waals surface area contributed by atoms with Crippen LogP contribution in [0.15, 0.2) is 39.5 Å². The summed E-state index contributed by atoms with van der Waals surface area (Å²) in [5.74, 6) is 0.815. The molecule has 0 spiro atoms. The third-order valence-electron chi connectivity index (χ3n) is 2.32. The molecule has 0 saturated carbocycles. The maximum Gasteiger partial charge on any atom is 0.135 e. The molecule has 0 aliphatic heterocycles. The van der Waals surface area contributed by atoms with Gasteiger partial charge >= 0.3 is 0 Å². The minimum atomic E-state index is 0.755. The summed E-state index contributed by atoms with van der Waals surface area (Å²) in [5.41, 5.74) is 2.52. The van der Waals surface area contributed by atoms with E-state index in [1.165, 1.54) is 11.1 Å². The lowest BCUT2D eigenvalue weighted by molar-refractivity contribution is 0.935. The summed E-state index contributed by atoms with van der Waals surface area (Å²) in [6.07, 6.45) is 0.755. The molecule has 1 heterocycles. The molecule has 0 atom stereocenters. The van der Waals surface area contributed by atoms with Gasteiger partial charge in [0, 0.05) is 12.5 Å². The second kappa shape index (κ2) is 5.06. The SMILES string of the molecule is Cc1ccccc1Cc1nc(Br)cc(Br)n1. The maximum atomic E-state index is 4.35. The summed E-state index contributed by atoms with van der Waals surface area (Å²) in [7, 11) is 0. The predicted molar refractivity (Wildman–Crippen MR) is 71.4 cm³/mol. The largest absolute Gasteiger partial charge is 0.226 e. The Balaban J connectivity index is 2.30. The molecular weight excluding hydrogens is 332 g/mol. The minimum Gasteiger partial charge on any atom is -0.226 e. The number of rotatable bonds is 2. The van der Waals surface area contributed by atoms with E-state index in [0.29, 0.717) is 0 Å². The molecule has 0 bridgehead atoms. The minimum absolute atomic E-state index is 0.755. The van der Waals surface area contributed by atoms with Crippen LogP contribution in [0, 0.1) is 6.92 Å². The first-order valence-corrected chi connectivity index (χ1v) is 6.47. The van der Waals surface area contributed by atoms with Gasteiger partial charge in [0.2, 0.25) is 0 Å². The van der Waals surface area contributed by atoms with Crippen molar-refractivity contribution in [1.29, 1.82) is 0 Å². The van der Waals surface area contributed by atoms with Gasteiger partial charge in [0.25, 0.3) is 0 Å². The van der Waals surface area contributed by atoms with E-state index in [0.717, 1.165) is 21.5 Å². The number of nitrogens with zero attached hydrogens (tertiary/aromatic N) is 2. The van der Waals surface area contributed by atoms with Crippen molar-refractivity contribution in [2.75, 3.05) is 0 Å². The van der Waals surface area contributed by atoms with Gasteiger partial charge in [-0.05, 0) is 49.9 Å². The van der Waals surface area contributed by atoms with E-state index < -0.39 is 0 Å². The summed E-state index contributed by atoms with van der Waals surface area (Å²) in [6, 6.07) is 10.1. The molecule has 0 unspecified atom stereocenters. The highest BCUT2D eigenvalue weighted by molar-refractivity contribution is 9.11. The smallest absolute Gasteiger partial charge is 0.135 e. The number of aryl methyl sites for hydroxylation is 1. The lowest BCUT2D eigenvalue weighted by atomic mass is 10.1. The van der Waals surface area contributed by atoms with E-state index in [9.17, 15) is 0 Å². The fourth-order valence-electron chi connectivity index (χ4n) is 1.49. The Kier molecular flexibility index (Phi) is 3.71. The van der Waals surface area contributed by atoms with Gasteiger partial charge in [-0.15, -0.1) is 0 Å². The topological polar surface area (TPSA) is 25.8 Å². The van der Waals surface area contributed by atoms with Crippen LogP contribution in [0.3, 0.4) is 0 Å². The molecule has 0 aliphatic rings. The fraction of sp³-hybridized carbons (Fsp3) is 0.167. The van der Waals surface area contributed by atoms with Crippen molar-refractivity contribution >= 4 is 31.9 Å². The van der Waals surface area contributed by atoms with Crippen LogP contribution in [0.5, 0.6) is 0 Å². The van der Waals surface area contributed by atoms with E-state index in [4.69, 9.17) is 0 Å². The van der Waals surface area contributed by atoms with Gasteiger partial charge in [-0.1, -0.05) is 24.3 Å². The Morgan fingerprint density at radius 3 is 2.31 bits per heavy atom. The van der Waals surface area contributed by atoms with Gasteiger partial charge in [-0.2, -0.15) is 0 Å². The zero-order valence-electron chi connectivity index (χ0n) is 8.74. The molecule has 2 nitrogen and oxygen atoms in total. The first kappa shape index (κ1) is 11.7. The highest BCUT2D eigenvalue weighted by Crippen LogP contribution is 2.16. The molecular formula is C12H10Br2N2. The summed E-state index contributed by atoms with van der Waals surface area (Å²) in [5, 5.41) is 0. The van der Waals surface area contributed by atoms with E-state index >= 15 is 0 Å². The van der Waals surface area contributed by atoms with Crippen molar-refractivity contribution in [1.82, 2.24) is 9.97 Å². The average molecular weight is 342 g/mol. The monoisotopic (exact) mass is 340 g/mol. The van der Waals surface area contributed by atoms with Gasteiger partial charge in [-0.3, -0.25) is 0 Å². The van der Waals surface area contributed by atoms with Gasteiger partial charge in [0.15, 0.2) is 0 Å². The molecule has 0 amide bonds. The summed E-state index contributed by atoms with van der Waals surface area (Å²) < 4.78 is 1.61. The molecule has 1 aromatic carbocycles. The highest BCUT2D eigenvalue weighted by atomic mass is 79.9. The second-order valence-electron chi connectivity index (χ2n) is 3.53. The third-order valence-corrected chi connectivity index (χ3v) is 3.13. The van der Waals surface area contributed by atoms with Gasteiger partial charge < -0.3 is 0 Å². The van der Waals surface area contributed by atoms with E-state index in [1.54, 1.807) is 0 Å². The Morgan fingerprint density at radius 2 is 1.69 bits per heavy atom. The molecule has 16 heavy (non-hydrogen) atoms. The molecule has 2 rings (SSSR count). The fourth-order valence-corrected chi connectivity index (χ4v) is 2.64. The molecule has 4 heteroatoms. The van der Waals surface area contributed by atoms with Crippen molar-refractivity contribution in [2.45, 2.75) is 13.3 Å². The Morgan fingerprint density at radius 1 is 1.06 bits per heavy atom. The van der Waals surface area contributed by atoms with E-state index in [1.807, 2.05) is 18.2 Å². The van der Waals surface area contributed by atoms with Crippen LogP contribution >= 0.6 is 31.9 Å². The van der Waals surface area contributed by atoms with E-state index in [2.05, 4.69) is 60.9 Å². The molecule has 0 aliphatic carbocycles. The molecule has 0 N–H and O–H groups in total. The lowest BCUT2D eigenvalue weighted by Crippen LogP contribution is -1.98. The van der Waals surface area contributed by atoms with Crippen molar-refractivity contribution in [2.24, 2.45) is 0 Å². The normalized spacial score (nSPS) is 10.4. The molecule has 0 fully saturated rings. The summed E-state index contributed by atoms with van der Waals surface area (Å²) in [4.78, 5) is 8.69. The Labute approximate surface area is 111 Å². The van der Waals surface area contributed by atoms with Crippen LogP contribution < -0.4 is 0 Å². The number of hydrogen-bond acceptors (Lipinski definition) is 2. The van der Waals surface area contributed by atoms with Crippen LogP contribution in [0.1, 0.15) is 17.0 Å². The summed E-state index contributed by atoms with van der Waals surface area (Å²) in [6.45, 7) is 2.10. The first-order valence-electron chi connectivity index (χ1n) is 4.88. The standard InChI is InChI=1S/C12H10Br2N2/c1-8-4-2-3-5-9(8)6-12-15-10(13)7-11(14)16-12/h2-5,7H,6H2,1H3. The van der Waals surface area contributed by atoms with Crippen molar-refractivity contribution in [3.05, 3.63) is 56.5 Å². The van der Waals surface area contributed by atoms with Crippen LogP contribution in [-0.2, 0) is 6.42 Å². The zero-order valence-corrected chi connectivity index (χ0v) is 11.9. The molecule has 2 aromatic rings. The second-order valence-corrected chi connectivity index (χ2v) is 5.16. The van der Waals surface area contributed by atoms with Crippen molar-refractivity contribution in [3.8, 4) is 0 Å². The average Bonchev–Trinajstić information content (AvgIpc) is 2.20. The van der Waals surface area contributed by atoms with Crippen LogP contribution in [-0.4, -0.2) is 9.97 Å². The van der Waals surface area contributed by atoms with Crippen molar-refractivity contribution in [3.63, 3.8) is 0 Å². The van der Waals surface area contributed by atoms with Gasteiger partial charge in [0.05, 0.1) is 0 Å². The third kappa shape index (κ3) is 2.89. The first-order chi connectivity index (χ1) is 7.65. The van der Waals surface area contributed by atoms with Gasteiger partial charge in [-0.25, -0.2) is 9.97 Å². The van der Waals surface area contributed by atoms with Crippen LogP contribution in [0.4, 0.5) is 0 Å². The quantitative estimate of drug-likeness (QED) is 0.774. The Bertz CT molecular complexity index is 492. The summed E-state index contributed by atoms with van der Waals surface area (Å²) >= 11 is 6.73. The van der Waals surface area contributed by atoms with Crippen molar-refractivity contribution < 1.29 is 0 Å².